The Labute approximate surface area is 170 Å². The third kappa shape index (κ3) is 11.1. The van der Waals surface area contributed by atoms with Crippen molar-refractivity contribution in [3.63, 3.8) is 0 Å². The predicted molar refractivity (Wildman–Crippen MR) is 115 cm³/mol. The number of carboxylic acid groups (broad SMARTS) is 1. The minimum Gasteiger partial charge on any atom is -0.477 e. The van der Waals surface area contributed by atoms with Crippen LogP contribution in [0.1, 0.15) is 36.9 Å². The summed E-state index contributed by atoms with van der Waals surface area (Å²) in [5.41, 5.74) is 5.53. The van der Waals surface area contributed by atoms with Crippen LogP contribution in [0, 0.1) is 5.92 Å². The number of carboxylic acids is 1. The Morgan fingerprint density at radius 2 is 1.81 bits per heavy atom. The molecule has 0 saturated carbocycles. The molecule has 2 aromatic rings. The topological polar surface area (TPSA) is 80.4 Å². The van der Waals surface area contributed by atoms with E-state index in [4.69, 9.17) is 16.7 Å². The molecule has 2 rings (SSSR count). The van der Waals surface area contributed by atoms with Crippen LogP contribution in [0.3, 0.4) is 0 Å². The molecule has 0 radical (unpaired) electrons. The molecular formula is C21H26ClNO3S. The summed E-state index contributed by atoms with van der Waals surface area (Å²) in [5, 5.41) is 9.68. The van der Waals surface area contributed by atoms with Gasteiger partial charge in [-0.05, 0) is 37.0 Å². The number of aromatic carboxylic acids is 1. The fourth-order valence-electron chi connectivity index (χ4n) is 1.86. The van der Waals surface area contributed by atoms with Gasteiger partial charge >= 0.3 is 5.97 Å². The number of carbonyl (C=O) groups is 2. The molecular weight excluding hydrogens is 382 g/mol. The summed E-state index contributed by atoms with van der Waals surface area (Å²) in [4.78, 5) is 21.2. The molecule has 0 saturated heterocycles. The highest BCUT2D eigenvalue weighted by atomic mass is 35.5. The Hall–Kier alpha value is -2.37. The van der Waals surface area contributed by atoms with E-state index in [2.05, 4.69) is 19.2 Å². The van der Waals surface area contributed by atoms with Gasteiger partial charge in [0.05, 0.1) is 0 Å². The van der Waals surface area contributed by atoms with E-state index in [-0.39, 0.29) is 5.91 Å². The Balaban J connectivity index is 0.000000449. The zero-order chi connectivity index (χ0) is 20.8. The van der Waals surface area contributed by atoms with Crippen molar-refractivity contribution in [3.05, 3.63) is 71.1 Å². The zero-order valence-corrected chi connectivity index (χ0v) is 17.4. The molecule has 0 aliphatic heterocycles. The van der Waals surface area contributed by atoms with Crippen LogP contribution < -0.4 is 5.73 Å². The van der Waals surface area contributed by atoms with Gasteiger partial charge in [0, 0.05) is 16.8 Å². The number of hydrogen-bond donors (Lipinski definition) is 2. The van der Waals surface area contributed by atoms with Gasteiger partial charge in [0.15, 0.2) is 0 Å². The third-order valence-corrected chi connectivity index (χ3v) is 4.85. The van der Waals surface area contributed by atoms with Crippen molar-refractivity contribution >= 4 is 34.8 Å². The summed E-state index contributed by atoms with van der Waals surface area (Å²) in [5.74, 6) is -0.758. The molecule has 0 bridgehead atoms. The number of halogens is 1. The molecule has 27 heavy (non-hydrogen) atoms. The van der Waals surface area contributed by atoms with Gasteiger partial charge in [0.25, 0.3) is 0 Å². The molecule has 1 atom stereocenters. The molecule has 1 aromatic carbocycles. The number of nitrogens with two attached hydrogens (primary N) is 1. The highest BCUT2D eigenvalue weighted by Crippen LogP contribution is 2.27. The van der Waals surface area contributed by atoms with Gasteiger partial charge in [-0.1, -0.05) is 61.0 Å². The van der Waals surface area contributed by atoms with Crippen LogP contribution in [-0.2, 0) is 4.79 Å². The fraction of sp³-hybridized carbons (Fsp3) is 0.238. The minimum absolute atomic E-state index is 0.333. The number of benzene rings is 1. The first-order chi connectivity index (χ1) is 12.7. The van der Waals surface area contributed by atoms with Crippen molar-refractivity contribution < 1.29 is 14.7 Å². The van der Waals surface area contributed by atoms with Crippen LogP contribution in [0.5, 0.6) is 0 Å². The number of allylic oxidation sites excluding steroid dienone is 3. The summed E-state index contributed by atoms with van der Waals surface area (Å²) in [7, 11) is 0. The first-order valence-corrected chi connectivity index (χ1v) is 9.49. The van der Waals surface area contributed by atoms with E-state index in [0.29, 0.717) is 10.8 Å². The molecule has 1 amide bonds. The van der Waals surface area contributed by atoms with E-state index >= 15 is 0 Å². The monoisotopic (exact) mass is 407 g/mol. The summed E-state index contributed by atoms with van der Waals surface area (Å²) in [6, 6.07) is 13.2. The van der Waals surface area contributed by atoms with Crippen LogP contribution in [-0.4, -0.2) is 17.0 Å². The highest BCUT2D eigenvalue weighted by molar-refractivity contribution is 7.17. The van der Waals surface area contributed by atoms with Crippen LogP contribution in [0.15, 0.2) is 66.2 Å². The number of thiophene rings is 1. The quantitative estimate of drug-likeness (QED) is 0.601. The molecule has 4 nitrogen and oxygen atoms in total. The van der Waals surface area contributed by atoms with Gasteiger partial charge in [-0.2, -0.15) is 0 Å². The SMILES string of the molecule is C=CCC(C)/C(Cl)=C\C.CC(N)=O.O=C(O)c1ccc(-c2ccccc2)s1. The van der Waals surface area contributed by atoms with Crippen molar-refractivity contribution in [2.24, 2.45) is 11.7 Å². The van der Waals surface area contributed by atoms with Gasteiger partial charge in [-0.25, -0.2) is 4.79 Å². The molecule has 0 aliphatic carbocycles. The van der Waals surface area contributed by atoms with Gasteiger partial charge in [0.1, 0.15) is 4.88 Å². The summed E-state index contributed by atoms with van der Waals surface area (Å²) >= 11 is 7.10. The second kappa shape index (κ2) is 13.8. The molecule has 1 aromatic heterocycles. The summed E-state index contributed by atoms with van der Waals surface area (Å²) in [6.45, 7) is 8.97. The number of primary amides is 1. The molecule has 1 heterocycles. The maximum atomic E-state index is 10.7. The van der Waals surface area contributed by atoms with Crippen LogP contribution in [0.25, 0.3) is 10.4 Å². The molecule has 0 spiro atoms. The lowest BCUT2D eigenvalue weighted by Gasteiger charge is -2.04. The predicted octanol–water partition coefficient (Wildman–Crippen LogP) is 5.95. The van der Waals surface area contributed by atoms with Crippen molar-refractivity contribution in [2.75, 3.05) is 0 Å². The maximum Gasteiger partial charge on any atom is 0.345 e. The highest BCUT2D eigenvalue weighted by Gasteiger charge is 2.07. The third-order valence-electron chi connectivity index (χ3n) is 3.14. The van der Waals surface area contributed by atoms with Crippen LogP contribution in [0.4, 0.5) is 0 Å². The van der Waals surface area contributed by atoms with E-state index in [1.165, 1.54) is 18.3 Å². The van der Waals surface area contributed by atoms with Gasteiger partial charge in [-0.15, -0.1) is 17.9 Å². The average Bonchev–Trinajstić information content (AvgIpc) is 3.12. The first-order valence-electron chi connectivity index (χ1n) is 8.30. The average molecular weight is 408 g/mol. The lowest BCUT2D eigenvalue weighted by Crippen LogP contribution is -2.01. The van der Waals surface area contributed by atoms with Gasteiger partial charge < -0.3 is 10.8 Å². The number of hydrogen-bond acceptors (Lipinski definition) is 3. The summed E-state index contributed by atoms with van der Waals surface area (Å²) in [6.07, 6.45) is 4.77. The molecule has 0 fully saturated rings. The van der Waals surface area contributed by atoms with Crippen LogP contribution in [0.2, 0.25) is 0 Å². The minimum atomic E-state index is -0.864. The van der Waals surface area contributed by atoms with E-state index < -0.39 is 5.97 Å². The van der Waals surface area contributed by atoms with Crippen molar-refractivity contribution in [1.29, 1.82) is 0 Å². The zero-order valence-electron chi connectivity index (χ0n) is 15.8. The van der Waals surface area contributed by atoms with Gasteiger partial charge in [-0.3, -0.25) is 4.79 Å². The second-order valence-corrected chi connectivity index (χ2v) is 7.06. The Morgan fingerprint density at radius 1 is 1.26 bits per heavy atom. The standard InChI is InChI=1S/C11H8O2S.C8H13Cl.C2H5NO/c12-11(13)10-7-6-9(14-10)8-4-2-1-3-5-8;1-4-6-7(3)8(9)5-2;1-2(3)4/h1-7H,(H,12,13);4-5,7H,1,6H2,2-3H3;1H3,(H2,3,4)/b;8-5+;. The Kier molecular flexibility index (Phi) is 12.6. The maximum absolute atomic E-state index is 10.7. The Bertz CT molecular complexity index is 750. The van der Waals surface area contributed by atoms with Crippen molar-refractivity contribution in [3.8, 4) is 10.4 Å². The second-order valence-electron chi connectivity index (χ2n) is 5.54. The molecule has 0 aliphatic rings. The van der Waals surface area contributed by atoms with E-state index in [0.717, 1.165) is 21.9 Å². The van der Waals surface area contributed by atoms with E-state index in [1.54, 1.807) is 6.07 Å². The lowest BCUT2D eigenvalue weighted by molar-refractivity contribution is -0.115. The van der Waals surface area contributed by atoms with Crippen molar-refractivity contribution in [1.82, 2.24) is 0 Å². The van der Waals surface area contributed by atoms with Crippen molar-refractivity contribution in [2.45, 2.75) is 27.2 Å². The first kappa shape index (κ1) is 24.6. The molecule has 3 N–H and O–H groups in total. The normalized spacial score (nSPS) is 11.2. The number of amides is 1. The number of rotatable bonds is 5. The van der Waals surface area contributed by atoms with E-state index in [9.17, 15) is 9.59 Å². The lowest BCUT2D eigenvalue weighted by atomic mass is 10.1. The fourth-order valence-corrected chi connectivity index (χ4v) is 2.80. The molecule has 1 unspecified atom stereocenters. The Morgan fingerprint density at radius 3 is 2.22 bits per heavy atom. The van der Waals surface area contributed by atoms with Gasteiger partial charge in [0.2, 0.25) is 5.91 Å². The molecule has 6 heteroatoms. The van der Waals surface area contributed by atoms with E-state index in [1.807, 2.05) is 55.5 Å². The van der Waals surface area contributed by atoms with Crippen LogP contribution >= 0.6 is 22.9 Å². The smallest absolute Gasteiger partial charge is 0.345 e. The largest absolute Gasteiger partial charge is 0.477 e. The summed E-state index contributed by atoms with van der Waals surface area (Å²) < 4.78 is 0. The molecule has 146 valence electrons. The number of carbonyl (C=O) groups excluding carboxylic acids is 1.